The van der Waals surface area contributed by atoms with Crippen molar-refractivity contribution in [3.63, 3.8) is 0 Å². The predicted octanol–water partition coefficient (Wildman–Crippen LogP) is 2.65. The smallest absolute Gasteiger partial charge is 0.141 e. The fourth-order valence-electron chi connectivity index (χ4n) is 2.11. The van der Waals surface area contributed by atoms with E-state index in [1.165, 1.54) is 11.1 Å². The van der Waals surface area contributed by atoms with Gasteiger partial charge in [-0.3, -0.25) is 5.10 Å². The predicted molar refractivity (Wildman–Crippen MR) is 76.9 cm³/mol. The second-order valence-corrected chi connectivity index (χ2v) is 4.75. The molecule has 1 aromatic heterocycles. The zero-order valence-corrected chi connectivity index (χ0v) is 11.7. The first-order valence-electron chi connectivity index (χ1n) is 7.00. The standard InChI is InChI=1S/C15H22N4/c1-3-9-16-14(15-17-11-18-19-15)10-13-7-5-12(4-2)6-8-13/h5-8,11,14,16H,3-4,9-10H2,1-2H3,(H,17,18,19). The molecule has 1 aromatic carbocycles. The summed E-state index contributed by atoms with van der Waals surface area (Å²) < 4.78 is 0. The highest BCUT2D eigenvalue weighted by molar-refractivity contribution is 5.23. The normalized spacial score (nSPS) is 12.5. The maximum atomic E-state index is 4.27. The molecule has 0 saturated carbocycles. The maximum Gasteiger partial charge on any atom is 0.141 e. The van der Waals surface area contributed by atoms with Gasteiger partial charge in [0.05, 0.1) is 6.04 Å². The van der Waals surface area contributed by atoms with Crippen LogP contribution in [0.4, 0.5) is 0 Å². The highest BCUT2D eigenvalue weighted by atomic mass is 15.2. The molecular formula is C15H22N4. The largest absolute Gasteiger partial charge is 0.307 e. The molecular weight excluding hydrogens is 236 g/mol. The first-order valence-corrected chi connectivity index (χ1v) is 7.00. The molecule has 0 fully saturated rings. The van der Waals surface area contributed by atoms with Gasteiger partial charge in [0, 0.05) is 0 Å². The Labute approximate surface area is 114 Å². The van der Waals surface area contributed by atoms with E-state index in [1.54, 1.807) is 6.33 Å². The Bertz CT molecular complexity index is 461. The van der Waals surface area contributed by atoms with Crippen molar-refractivity contribution in [1.29, 1.82) is 0 Å². The van der Waals surface area contributed by atoms with Gasteiger partial charge in [-0.2, -0.15) is 5.10 Å². The zero-order valence-electron chi connectivity index (χ0n) is 11.7. The Balaban J connectivity index is 2.06. The van der Waals surface area contributed by atoms with Crippen molar-refractivity contribution in [1.82, 2.24) is 20.5 Å². The van der Waals surface area contributed by atoms with E-state index in [2.05, 4.69) is 58.6 Å². The van der Waals surface area contributed by atoms with Crippen LogP contribution in [-0.4, -0.2) is 21.7 Å². The van der Waals surface area contributed by atoms with Crippen LogP contribution in [0.3, 0.4) is 0 Å². The minimum Gasteiger partial charge on any atom is -0.307 e. The summed E-state index contributed by atoms with van der Waals surface area (Å²) in [5.74, 6) is 0.910. The lowest BCUT2D eigenvalue weighted by Gasteiger charge is -2.16. The topological polar surface area (TPSA) is 53.6 Å². The molecule has 0 aliphatic heterocycles. The molecule has 2 aromatic rings. The van der Waals surface area contributed by atoms with E-state index in [1.807, 2.05) is 0 Å². The van der Waals surface area contributed by atoms with Crippen molar-refractivity contribution in [2.24, 2.45) is 0 Å². The molecule has 1 atom stereocenters. The molecule has 2 N–H and O–H groups in total. The van der Waals surface area contributed by atoms with Crippen LogP contribution in [0.5, 0.6) is 0 Å². The molecule has 4 heteroatoms. The van der Waals surface area contributed by atoms with Crippen LogP contribution >= 0.6 is 0 Å². The second-order valence-electron chi connectivity index (χ2n) is 4.75. The fraction of sp³-hybridized carbons (Fsp3) is 0.467. The van der Waals surface area contributed by atoms with Crippen LogP contribution in [-0.2, 0) is 12.8 Å². The highest BCUT2D eigenvalue weighted by Gasteiger charge is 2.14. The Hall–Kier alpha value is -1.68. The Kier molecular flexibility index (Phi) is 5.10. The van der Waals surface area contributed by atoms with Crippen LogP contribution in [0.25, 0.3) is 0 Å². The number of aromatic amines is 1. The summed E-state index contributed by atoms with van der Waals surface area (Å²) in [5.41, 5.74) is 2.70. The molecule has 0 radical (unpaired) electrons. The van der Waals surface area contributed by atoms with E-state index in [0.717, 1.165) is 31.6 Å². The quantitative estimate of drug-likeness (QED) is 0.802. The van der Waals surface area contributed by atoms with Gasteiger partial charge < -0.3 is 5.32 Å². The number of hydrogen-bond acceptors (Lipinski definition) is 3. The van der Waals surface area contributed by atoms with E-state index in [4.69, 9.17) is 0 Å². The molecule has 4 nitrogen and oxygen atoms in total. The lowest BCUT2D eigenvalue weighted by atomic mass is 10.0. The first-order chi connectivity index (χ1) is 9.33. The van der Waals surface area contributed by atoms with Crippen molar-refractivity contribution in [3.8, 4) is 0 Å². The summed E-state index contributed by atoms with van der Waals surface area (Å²) in [6.45, 7) is 5.33. The van der Waals surface area contributed by atoms with Gasteiger partial charge in [0.25, 0.3) is 0 Å². The van der Waals surface area contributed by atoms with Gasteiger partial charge >= 0.3 is 0 Å². The molecule has 0 spiro atoms. The van der Waals surface area contributed by atoms with Gasteiger partial charge in [-0.15, -0.1) is 0 Å². The number of hydrogen-bond donors (Lipinski definition) is 2. The van der Waals surface area contributed by atoms with Crippen LogP contribution < -0.4 is 5.32 Å². The third kappa shape index (κ3) is 3.89. The Morgan fingerprint density at radius 1 is 1.16 bits per heavy atom. The Morgan fingerprint density at radius 2 is 1.89 bits per heavy atom. The van der Waals surface area contributed by atoms with Crippen molar-refractivity contribution >= 4 is 0 Å². The van der Waals surface area contributed by atoms with Gasteiger partial charge in [-0.1, -0.05) is 38.1 Å². The van der Waals surface area contributed by atoms with Gasteiger partial charge in [-0.25, -0.2) is 4.98 Å². The van der Waals surface area contributed by atoms with Gasteiger partial charge in [-0.05, 0) is 36.9 Å². The summed E-state index contributed by atoms with van der Waals surface area (Å²) in [7, 11) is 0. The van der Waals surface area contributed by atoms with Crippen molar-refractivity contribution < 1.29 is 0 Å². The molecule has 1 heterocycles. The number of H-pyrrole nitrogens is 1. The summed E-state index contributed by atoms with van der Waals surface area (Å²) in [5, 5.41) is 10.4. The number of aryl methyl sites for hydroxylation is 1. The monoisotopic (exact) mass is 258 g/mol. The van der Waals surface area contributed by atoms with Gasteiger partial charge in [0.2, 0.25) is 0 Å². The van der Waals surface area contributed by atoms with E-state index in [-0.39, 0.29) is 6.04 Å². The maximum absolute atomic E-state index is 4.27. The lowest BCUT2D eigenvalue weighted by Crippen LogP contribution is -2.25. The fourth-order valence-corrected chi connectivity index (χ4v) is 2.11. The summed E-state index contributed by atoms with van der Waals surface area (Å²) in [6, 6.07) is 9.01. The summed E-state index contributed by atoms with van der Waals surface area (Å²) >= 11 is 0. The van der Waals surface area contributed by atoms with E-state index < -0.39 is 0 Å². The number of aromatic nitrogens is 3. The molecule has 0 saturated heterocycles. The average Bonchev–Trinajstić information content (AvgIpc) is 2.98. The Morgan fingerprint density at radius 3 is 2.47 bits per heavy atom. The van der Waals surface area contributed by atoms with Crippen LogP contribution in [0.15, 0.2) is 30.6 Å². The lowest BCUT2D eigenvalue weighted by molar-refractivity contribution is 0.506. The molecule has 2 rings (SSSR count). The molecule has 19 heavy (non-hydrogen) atoms. The van der Waals surface area contributed by atoms with Gasteiger partial charge in [0.1, 0.15) is 12.2 Å². The zero-order chi connectivity index (χ0) is 13.5. The van der Waals surface area contributed by atoms with Crippen molar-refractivity contribution in [2.75, 3.05) is 6.54 Å². The van der Waals surface area contributed by atoms with E-state index in [9.17, 15) is 0 Å². The molecule has 102 valence electrons. The van der Waals surface area contributed by atoms with Crippen LogP contribution in [0, 0.1) is 0 Å². The summed E-state index contributed by atoms with van der Waals surface area (Å²) in [4.78, 5) is 4.27. The molecule has 0 bridgehead atoms. The highest BCUT2D eigenvalue weighted by Crippen LogP contribution is 2.15. The van der Waals surface area contributed by atoms with E-state index in [0.29, 0.717) is 0 Å². The molecule has 1 unspecified atom stereocenters. The molecule has 0 aliphatic carbocycles. The van der Waals surface area contributed by atoms with Crippen molar-refractivity contribution in [2.45, 2.75) is 39.2 Å². The molecule has 0 amide bonds. The number of rotatable bonds is 7. The van der Waals surface area contributed by atoms with Gasteiger partial charge in [0.15, 0.2) is 0 Å². The van der Waals surface area contributed by atoms with Crippen molar-refractivity contribution in [3.05, 3.63) is 47.5 Å². The number of nitrogens with one attached hydrogen (secondary N) is 2. The summed E-state index contributed by atoms with van der Waals surface area (Å²) in [6.07, 6.45) is 4.69. The second kappa shape index (κ2) is 7.04. The number of nitrogens with zero attached hydrogens (tertiary/aromatic N) is 2. The minimum absolute atomic E-state index is 0.204. The first kappa shape index (κ1) is 13.7. The van der Waals surface area contributed by atoms with E-state index >= 15 is 0 Å². The van der Waals surface area contributed by atoms with Crippen LogP contribution in [0.1, 0.15) is 43.3 Å². The third-order valence-electron chi connectivity index (χ3n) is 3.28. The number of benzene rings is 1. The SMILES string of the molecule is CCCNC(Cc1ccc(CC)cc1)c1ncn[nH]1. The minimum atomic E-state index is 0.204. The van der Waals surface area contributed by atoms with Crippen LogP contribution in [0.2, 0.25) is 0 Å². The molecule has 0 aliphatic rings. The average molecular weight is 258 g/mol. The third-order valence-corrected chi connectivity index (χ3v) is 3.28.